The SMILES string of the molecule is CCC1CNCCN1c1ncc(C(=O)OC)s1. The highest BCUT2D eigenvalue weighted by Gasteiger charge is 2.24. The Morgan fingerprint density at radius 2 is 2.59 bits per heavy atom. The van der Waals surface area contributed by atoms with Crippen molar-refractivity contribution in [1.29, 1.82) is 0 Å². The summed E-state index contributed by atoms with van der Waals surface area (Å²) < 4.78 is 4.69. The third-order valence-corrected chi connectivity index (χ3v) is 3.96. The van der Waals surface area contributed by atoms with Gasteiger partial charge in [0.15, 0.2) is 5.13 Å². The van der Waals surface area contributed by atoms with Gasteiger partial charge in [-0.05, 0) is 6.42 Å². The van der Waals surface area contributed by atoms with Crippen LogP contribution >= 0.6 is 11.3 Å². The first kappa shape index (κ1) is 12.3. The molecule has 0 aromatic carbocycles. The number of ether oxygens (including phenoxy) is 1. The molecule has 0 aliphatic carbocycles. The predicted octanol–water partition coefficient (Wildman–Crippen LogP) is 1.12. The van der Waals surface area contributed by atoms with Crippen LogP contribution in [0.3, 0.4) is 0 Å². The van der Waals surface area contributed by atoms with Crippen molar-refractivity contribution in [1.82, 2.24) is 10.3 Å². The van der Waals surface area contributed by atoms with Crippen LogP contribution in [0.15, 0.2) is 6.20 Å². The van der Waals surface area contributed by atoms with E-state index in [4.69, 9.17) is 4.74 Å². The number of thiazole rings is 1. The maximum absolute atomic E-state index is 11.4. The molecular formula is C11H17N3O2S. The van der Waals surface area contributed by atoms with Gasteiger partial charge in [0, 0.05) is 25.7 Å². The fourth-order valence-corrected chi connectivity index (χ4v) is 2.90. The Kier molecular flexibility index (Phi) is 3.96. The summed E-state index contributed by atoms with van der Waals surface area (Å²) in [6.45, 7) is 5.04. The summed E-state index contributed by atoms with van der Waals surface area (Å²) in [6, 6.07) is 0.459. The number of rotatable bonds is 3. The van der Waals surface area contributed by atoms with Gasteiger partial charge in [-0.25, -0.2) is 9.78 Å². The lowest BCUT2D eigenvalue weighted by atomic mass is 10.1. The summed E-state index contributed by atoms with van der Waals surface area (Å²) in [6.07, 6.45) is 2.67. The maximum Gasteiger partial charge on any atom is 0.349 e. The van der Waals surface area contributed by atoms with E-state index in [1.807, 2.05) is 0 Å². The van der Waals surface area contributed by atoms with Crippen molar-refractivity contribution in [2.24, 2.45) is 0 Å². The highest BCUT2D eigenvalue weighted by Crippen LogP contribution is 2.26. The van der Waals surface area contributed by atoms with Gasteiger partial charge in [-0.1, -0.05) is 18.3 Å². The van der Waals surface area contributed by atoms with Crippen molar-refractivity contribution in [2.75, 3.05) is 31.6 Å². The molecule has 0 amide bonds. The zero-order chi connectivity index (χ0) is 12.3. The minimum absolute atomic E-state index is 0.308. The largest absolute Gasteiger partial charge is 0.465 e. The van der Waals surface area contributed by atoms with Crippen LogP contribution in [-0.2, 0) is 4.74 Å². The van der Waals surface area contributed by atoms with Crippen molar-refractivity contribution in [3.05, 3.63) is 11.1 Å². The number of aromatic nitrogens is 1. The van der Waals surface area contributed by atoms with Gasteiger partial charge in [0.05, 0.1) is 13.3 Å². The van der Waals surface area contributed by atoms with E-state index in [1.54, 1.807) is 6.20 Å². The molecule has 5 nitrogen and oxygen atoms in total. The van der Waals surface area contributed by atoms with Crippen LogP contribution in [0.4, 0.5) is 5.13 Å². The molecule has 1 aliphatic rings. The number of carbonyl (C=O) groups excluding carboxylic acids is 1. The van der Waals surface area contributed by atoms with Crippen LogP contribution in [0.5, 0.6) is 0 Å². The smallest absolute Gasteiger partial charge is 0.349 e. The molecule has 1 saturated heterocycles. The molecule has 17 heavy (non-hydrogen) atoms. The lowest BCUT2D eigenvalue weighted by molar-refractivity contribution is 0.0606. The van der Waals surface area contributed by atoms with E-state index in [1.165, 1.54) is 18.4 Å². The van der Waals surface area contributed by atoms with Gasteiger partial charge in [0.25, 0.3) is 0 Å². The van der Waals surface area contributed by atoms with E-state index in [-0.39, 0.29) is 5.97 Å². The zero-order valence-corrected chi connectivity index (χ0v) is 10.9. The first-order chi connectivity index (χ1) is 8.26. The van der Waals surface area contributed by atoms with Gasteiger partial charge < -0.3 is 15.0 Å². The Morgan fingerprint density at radius 3 is 3.29 bits per heavy atom. The molecule has 0 spiro atoms. The van der Waals surface area contributed by atoms with Gasteiger partial charge >= 0.3 is 5.97 Å². The highest BCUT2D eigenvalue weighted by molar-refractivity contribution is 7.17. The van der Waals surface area contributed by atoms with Crippen LogP contribution in [0, 0.1) is 0 Å². The maximum atomic E-state index is 11.4. The molecule has 1 aromatic rings. The molecule has 0 bridgehead atoms. The summed E-state index contributed by atoms with van der Waals surface area (Å²) >= 11 is 1.40. The quantitative estimate of drug-likeness (QED) is 0.820. The fraction of sp³-hybridized carbons (Fsp3) is 0.636. The second kappa shape index (κ2) is 5.46. The standard InChI is InChI=1S/C11H17N3O2S/c1-3-8-6-12-4-5-14(8)11-13-7-9(17-11)10(15)16-2/h7-8,12H,3-6H2,1-2H3. The van der Waals surface area contributed by atoms with Crippen molar-refractivity contribution >= 4 is 22.4 Å². The number of esters is 1. The minimum atomic E-state index is -0.308. The summed E-state index contributed by atoms with van der Waals surface area (Å²) in [5.41, 5.74) is 0. The molecule has 1 unspecified atom stereocenters. The zero-order valence-electron chi connectivity index (χ0n) is 10.1. The second-order valence-corrected chi connectivity index (χ2v) is 4.97. The number of carbonyl (C=O) groups is 1. The lowest BCUT2D eigenvalue weighted by Crippen LogP contribution is -2.51. The third-order valence-electron chi connectivity index (χ3n) is 2.95. The Morgan fingerprint density at radius 1 is 1.76 bits per heavy atom. The molecular weight excluding hydrogens is 238 g/mol. The fourth-order valence-electron chi connectivity index (χ4n) is 1.97. The van der Waals surface area contributed by atoms with Crippen LogP contribution in [0.2, 0.25) is 0 Å². The van der Waals surface area contributed by atoms with Crippen LogP contribution in [-0.4, -0.2) is 43.7 Å². The Hall–Kier alpha value is -1.14. The Balaban J connectivity index is 2.15. The minimum Gasteiger partial charge on any atom is -0.465 e. The molecule has 0 saturated carbocycles. The summed E-state index contributed by atoms with van der Waals surface area (Å²) in [5.74, 6) is -0.308. The summed E-state index contributed by atoms with van der Waals surface area (Å²) in [4.78, 5) is 18.5. The van der Waals surface area contributed by atoms with Crippen molar-refractivity contribution in [2.45, 2.75) is 19.4 Å². The average molecular weight is 255 g/mol. The van der Waals surface area contributed by atoms with E-state index in [2.05, 4.69) is 22.1 Å². The van der Waals surface area contributed by atoms with Crippen molar-refractivity contribution in [3.63, 3.8) is 0 Å². The molecule has 2 heterocycles. The second-order valence-electron chi connectivity index (χ2n) is 3.96. The van der Waals surface area contributed by atoms with Gasteiger partial charge in [0.2, 0.25) is 0 Å². The first-order valence-corrected chi connectivity index (χ1v) is 6.59. The predicted molar refractivity (Wildman–Crippen MR) is 67.7 cm³/mol. The number of piperazine rings is 1. The van der Waals surface area contributed by atoms with Gasteiger partial charge in [-0.15, -0.1) is 0 Å². The van der Waals surface area contributed by atoms with E-state index in [0.717, 1.165) is 31.2 Å². The van der Waals surface area contributed by atoms with Crippen LogP contribution < -0.4 is 10.2 Å². The van der Waals surface area contributed by atoms with Crippen molar-refractivity contribution in [3.8, 4) is 0 Å². The van der Waals surface area contributed by atoms with Gasteiger partial charge in [-0.2, -0.15) is 0 Å². The lowest BCUT2D eigenvalue weighted by Gasteiger charge is -2.35. The third kappa shape index (κ3) is 2.58. The van der Waals surface area contributed by atoms with E-state index >= 15 is 0 Å². The molecule has 6 heteroatoms. The molecule has 1 fully saturated rings. The average Bonchev–Trinajstić information content (AvgIpc) is 2.87. The Bertz CT molecular complexity index is 394. The van der Waals surface area contributed by atoms with E-state index < -0.39 is 0 Å². The molecule has 1 aliphatic heterocycles. The Labute approximate surface area is 105 Å². The molecule has 1 atom stereocenters. The van der Waals surface area contributed by atoms with Gasteiger partial charge in [0.1, 0.15) is 4.88 Å². The number of anilines is 1. The number of hydrogen-bond acceptors (Lipinski definition) is 6. The van der Waals surface area contributed by atoms with Gasteiger partial charge in [-0.3, -0.25) is 0 Å². The van der Waals surface area contributed by atoms with Crippen LogP contribution in [0.25, 0.3) is 0 Å². The highest BCUT2D eigenvalue weighted by atomic mass is 32.1. The summed E-state index contributed by atoms with van der Waals surface area (Å²) in [7, 11) is 1.39. The molecule has 94 valence electrons. The first-order valence-electron chi connectivity index (χ1n) is 5.77. The number of hydrogen-bond donors (Lipinski definition) is 1. The van der Waals surface area contributed by atoms with E-state index in [0.29, 0.717) is 10.9 Å². The van der Waals surface area contributed by atoms with Crippen LogP contribution in [0.1, 0.15) is 23.0 Å². The molecule has 2 rings (SSSR count). The number of nitrogens with zero attached hydrogens (tertiary/aromatic N) is 2. The number of methoxy groups -OCH3 is 1. The molecule has 1 N–H and O–H groups in total. The molecule has 1 aromatic heterocycles. The van der Waals surface area contributed by atoms with E-state index in [9.17, 15) is 4.79 Å². The number of nitrogens with one attached hydrogen (secondary N) is 1. The van der Waals surface area contributed by atoms with Crippen molar-refractivity contribution < 1.29 is 9.53 Å². The molecule has 0 radical (unpaired) electrons. The topological polar surface area (TPSA) is 54.5 Å². The normalized spacial score (nSPS) is 20.4. The summed E-state index contributed by atoms with van der Waals surface area (Å²) in [5, 5.41) is 4.29. The monoisotopic (exact) mass is 255 g/mol.